The van der Waals surface area contributed by atoms with E-state index in [0.717, 1.165) is 6.42 Å². The molecule has 1 saturated heterocycles. The molecule has 1 fully saturated rings. The summed E-state index contributed by atoms with van der Waals surface area (Å²) in [5, 5.41) is 11.9. The topological polar surface area (TPSA) is 94.1 Å². The van der Waals surface area contributed by atoms with Gasteiger partial charge in [-0.2, -0.15) is 0 Å². The van der Waals surface area contributed by atoms with Crippen molar-refractivity contribution in [1.29, 1.82) is 0 Å². The summed E-state index contributed by atoms with van der Waals surface area (Å²) in [6, 6.07) is 4.97. The first-order valence-corrected chi connectivity index (χ1v) is 7.60. The normalized spacial score (nSPS) is 23.1. The first-order valence-electron chi connectivity index (χ1n) is 7.60. The van der Waals surface area contributed by atoms with Crippen molar-refractivity contribution in [3.8, 4) is 11.5 Å². The van der Waals surface area contributed by atoms with E-state index in [1.165, 1.54) is 0 Å². The van der Waals surface area contributed by atoms with Gasteiger partial charge in [0.15, 0.2) is 11.5 Å². The summed E-state index contributed by atoms with van der Waals surface area (Å²) in [7, 11) is 0. The molecule has 1 aromatic carbocycles. The molecule has 2 aliphatic heterocycles. The zero-order chi connectivity index (χ0) is 16.3. The molecule has 0 radical (unpaired) electrons. The smallest absolute Gasteiger partial charge is 0.305 e. The molecular formula is C16H19NO6. The number of fused-ring (bicyclic) bond motifs is 1. The number of hydrogen-bond donors (Lipinski definition) is 2. The van der Waals surface area contributed by atoms with Gasteiger partial charge in [-0.3, -0.25) is 9.59 Å². The molecule has 7 nitrogen and oxygen atoms in total. The van der Waals surface area contributed by atoms with Crippen LogP contribution in [0.5, 0.6) is 11.5 Å². The predicted octanol–water partition coefficient (Wildman–Crippen LogP) is 1.21. The molecule has 1 aromatic rings. The second-order valence-corrected chi connectivity index (χ2v) is 5.82. The average molecular weight is 321 g/mol. The van der Waals surface area contributed by atoms with Crippen LogP contribution in [0.25, 0.3) is 0 Å². The van der Waals surface area contributed by atoms with E-state index >= 15 is 0 Å². The molecule has 1 atom stereocenters. The Morgan fingerprint density at radius 3 is 2.65 bits per heavy atom. The number of rotatable bonds is 4. The second kappa shape index (κ2) is 6.45. The fraction of sp³-hybridized carbons (Fsp3) is 0.500. The number of aliphatic carboxylic acids is 1. The first-order chi connectivity index (χ1) is 11.1. The number of ether oxygens (including phenoxy) is 3. The zero-order valence-corrected chi connectivity index (χ0v) is 12.7. The van der Waals surface area contributed by atoms with E-state index in [4.69, 9.17) is 19.3 Å². The van der Waals surface area contributed by atoms with Gasteiger partial charge >= 0.3 is 5.97 Å². The van der Waals surface area contributed by atoms with E-state index in [1.54, 1.807) is 18.2 Å². The van der Waals surface area contributed by atoms with E-state index in [9.17, 15) is 9.59 Å². The predicted molar refractivity (Wildman–Crippen MR) is 79.9 cm³/mol. The summed E-state index contributed by atoms with van der Waals surface area (Å²) in [4.78, 5) is 23.6. The summed E-state index contributed by atoms with van der Waals surface area (Å²) in [6.45, 7) is 1.76. The Labute approximate surface area is 133 Å². The number of amides is 1. The molecule has 2 N–H and O–H groups in total. The summed E-state index contributed by atoms with van der Waals surface area (Å²) in [6.07, 6.45) is 1.11. The van der Waals surface area contributed by atoms with Crippen molar-refractivity contribution in [2.75, 3.05) is 26.4 Å². The van der Waals surface area contributed by atoms with Crippen molar-refractivity contribution >= 4 is 11.9 Å². The van der Waals surface area contributed by atoms with Crippen LogP contribution in [0.1, 0.15) is 29.6 Å². The lowest BCUT2D eigenvalue weighted by Gasteiger charge is -2.27. The molecule has 1 unspecified atom stereocenters. The summed E-state index contributed by atoms with van der Waals surface area (Å²) in [5.74, 6) is -0.157. The lowest BCUT2D eigenvalue weighted by molar-refractivity contribution is -0.138. The van der Waals surface area contributed by atoms with Crippen molar-refractivity contribution in [1.82, 2.24) is 5.32 Å². The van der Waals surface area contributed by atoms with Gasteiger partial charge in [0, 0.05) is 18.6 Å². The third-order valence-corrected chi connectivity index (χ3v) is 3.98. The van der Waals surface area contributed by atoms with E-state index in [1.807, 2.05) is 0 Å². The van der Waals surface area contributed by atoms with Gasteiger partial charge in [0.25, 0.3) is 5.91 Å². The molecule has 3 rings (SSSR count). The van der Waals surface area contributed by atoms with Gasteiger partial charge in [-0.1, -0.05) is 0 Å². The van der Waals surface area contributed by atoms with Gasteiger partial charge in [-0.25, -0.2) is 0 Å². The molecule has 23 heavy (non-hydrogen) atoms. The largest absolute Gasteiger partial charge is 0.490 e. The Morgan fingerprint density at radius 1 is 1.17 bits per heavy atom. The third kappa shape index (κ3) is 3.56. The Kier molecular flexibility index (Phi) is 4.38. The number of benzene rings is 1. The van der Waals surface area contributed by atoms with Crippen molar-refractivity contribution in [2.45, 2.75) is 24.8 Å². The van der Waals surface area contributed by atoms with E-state index in [2.05, 4.69) is 5.32 Å². The Morgan fingerprint density at radius 2 is 1.96 bits per heavy atom. The Hall–Kier alpha value is -2.28. The maximum Gasteiger partial charge on any atom is 0.305 e. The van der Waals surface area contributed by atoms with Gasteiger partial charge in [0.05, 0.1) is 31.8 Å². The fourth-order valence-corrected chi connectivity index (χ4v) is 2.80. The monoisotopic (exact) mass is 321 g/mol. The van der Waals surface area contributed by atoms with E-state index in [0.29, 0.717) is 43.3 Å². The van der Waals surface area contributed by atoms with Crippen LogP contribution in [0.3, 0.4) is 0 Å². The lowest BCUT2D eigenvalue weighted by atomic mass is 9.93. The maximum absolute atomic E-state index is 12.5. The van der Waals surface area contributed by atoms with Gasteiger partial charge in [-0.05, 0) is 24.6 Å². The highest BCUT2D eigenvalue weighted by molar-refractivity contribution is 5.95. The molecule has 0 aliphatic carbocycles. The van der Waals surface area contributed by atoms with Crippen LogP contribution in [0, 0.1) is 0 Å². The SMILES string of the molecule is O=C(O)CC1(NC(=O)c2ccc3c(c2)OCCCO3)CCOC1. The van der Waals surface area contributed by atoms with Gasteiger partial charge in [-0.15, -0.1) is 0 Å². The highest BCUT2D eigenvalue weighted by atomic mass is 16.5. The number of hydrogen-bond acceptors (Lipinski definition) is 5. The zero-order valence-electron chi connectivity index (χ0n) is 12.7. The van der Waals surface area contributed by atoms with E-state index < -0.39 is 11.5 Å². The van der Waals surface area contributed by atoms with Gasteiger partial charge < -0.3 is 24.6 Å². The minimum absolute atomic E-state index is 0.163. The lowest BCUT2D eigenvalue weighted by Crippen LogP contribution is -2.50. The Bertz CT molecular complexity index is 609. The van der Waals surface area contributed by atoms with Crippen LogP contribution in [0.2, 0.25) is 0 Å². The van der Waals surface area contributed by atoms with Crippen molar-refractivity contribution in [2.24, 2.45) is 0 Å². The highest BCUT2D eigenvalue weighted by Crippen LogP contribution is 2.31. The van der Waals surface area contributed by atoms with Crippen molar-refractivity contribution < 1.29 is 28.9 Å². The molecule has 2 aliphatic rings. The number of carboxylic acids is 1. The number of carbonyl (C=O) groups is 2. The quantitative estimate of drug-likeness (QED) is 0.866. The molecule has 7 heteroatoms. The van der Waals surface area contributed by atoms with Gasteiger partial charge in [0.2, 0.25) is 0 Å². The fourth-order valence-electron chi connectivity index (χ4n) is 2.80. The number of carbonyl (C=O) groups excluding carboxylic acids is 1. The second-order valence-electron chi connectivity index (χ2n) is 5.82. The summed E-state index contributed by atoms with van der Waals surface area (Å²) in [5.41, 5.74) is -0.446. The average Bonchev–Trinajstić information content (AvgIpc) is 2.82. The highest BCUT2D eigenvalue weighted by Gasteiger charge is 2.38. The van der Waals surface area contributed by atoms with Crippen LogP contribution < -0.4 is 14.8 Å². The first kappa shape index (κ1) is 15.6. The molecule has 124 valence electrons. The van der Waals surface area contributed by atoms with Crippen LogP contribution in [-0.4, -0.2) is 48.9 Å². The number of carboxylic acid groups (broad SMARTS) is 1. The van der Waals surface area contributed by atoms with Crippen LogP contribution in [0.4, 0.5) is 0 Å². The van der Waals surface area contributed by atoms with Crippen LogP contribution in [-0.2, 0) is 9.53 Å². The maximum atomic E-state index is 12.5. The van der Waals surface area contributed by atoms with Crippen LogP contribution in [0.15, 0.2) is 18.2 Å². The van der Waals surface area contributed by atoms with Gasteiger partial charge in [0.1, 0.15) is 0 Å². The Balaban J connectivity index is 1.77. The van der Waals surface area contributed by atoms with Crippen LogP contribution >= 0.6 is 0 Å². The molecule has 0 aromatic heterocycles. The minimum Gasteiger partial charge on any atom is -0.490 e. The molecular weight excluding hydrogens is 302 g/mol. The molecule has 1 amide bonds. The standard InChI is InChI=1S/C16H19NO6/c18-14(19)9-16(4-7-21-10-16)17-15(20)11-2-3-12-13(8-11)23-6-1-5-22-12/h2-3,8H,1,4-7,9-10H2,(H,17,20)(H,18,19). The summed E-state index contributed by atoms with van der Waals surface area (Å²) >= 11 is 0. The molecule has 0 spiro atoms. The number of nitrogens with one attached hydrogen (secondary N) is 1. The van der Waals surface area contributed by atoms with Crippen molar-refractivity contribution in [3.05, 3.63) is 23.8 Å². The summed E-state index contributed by atoms with van der Waals surface area (Å²) < 4.78 is 16.4. The third-order valence-electron chi connectivity index (χ3n) is 3.98. The van der Waals surface area contributed by atoms with Crippen molar-refractivity contribution in [3.63, 3.8) is 0 Å². The molecule has 0 bridgehead atoms. The molecule has 0 saturated carbocycles. The van der Waals surface area contributed by atoms with E-state index in [-0.39, 0.29) is 18.9 Å². The minimum atomic E-state index is -0.963. The molecule has 2 heterocycles.